The number of carbonyl (C=O) groups is 1. The second kappa shape index (κ2) is 6.81. The van der Waals surface area contributed by atoms with Crippen LogP contribution in [0.1, 0.15) is 12.5 Å². The van der Waals surface area contributed by atoms with Gasteiger partial charge in [0.15, 0.2) is 0 Å². The first-order chi connectivity index (χ1) is 8.58. The molecule has 18 heavy (non-hydrogen) atoms. The maximum atomic E-state index is 11.9. The predicted molar refractivity (Wildman–Crippen MR) is 72.3 cm³/mol. The maximum absolute atomic E-state index is 11.9. The molecule has 4 heteroatoms. The topological polar surface area (TPSA) is 55.6 Å². The minimum Gasteiger partial charge on any atom is -0.497 e. The van der Waals surface area contributed by atoms with Crippen LogP contribution in [-0.4, -0.2) is 30.5 Å². The summed E-state index contributed by atoms with van der Waals surface area (Å²) < 4.78 is 5.09. The Morgan fingerprint density at radius 1 is 1.50 bits per heavy atom. The Bertz CT molecular complexity index is 399. The molecule has 0 heterocycles. The third-order valence-corrected chi connectivity index (χ3v) is 2.58. The zero-order valence-corrected chi connectivity index (χ0v) is 10.9. The molecule has 4 nitrogen and oxygen atoms in total. The summed E-state index contributed by atoms with van der Waals surface area (Å²) in [6, 6.07) is 7.12. The summed E-state index contributed by atoms with van der Waals surface area (Å²) >= 11 is 0. The molecule has 0 radical (unpaired) electrons. The quantitative estimate of drug-likeness (QED) is 0.777. The summed E-state index contributed by atoms with van der Waals surface area (Å²) in [6.45, 7) is 6.36. The lowest BCUT2D eigenvalue weighted by Crippen LogP contribution is -2.41. The van der Waals surface area contributed by atoms with Gasteiger partial charge in [0.05, 0.1) is 13.2 Å². The SMILES string of the molecule is C=CCN(Cc1ccc(OC)cc1)C(=O)[C@@H](C)N. The van der Waals surface area contributed by atoms with Gasteiger partial charge in [0.25, 0.3) is 0 Å². The lowest BCUT2D eigenvalue weighted by atomic mass is 10.2. The number of nitrogens with zero attached hydrogens (tertiary/aromatic N) is 1. The largest absolute Gasteiger partial charge is 0.497 e. The Balaban J connectivity index is 2.75. The van der Waals surface area contributed by atoms with Crippen LogP contribution in [0.4, 0.5) is 0 Å². The number of methoxy groups -OCH3 is 1. The Morgan fingerprint density at radius 2 is 2.11 bits per heavy atom. The second-order valence-electron chi connectivity index (χ2n) is 4.14. The molecule has 98 valence electrons. The first kappa shape index (κ1) is 14.3. The number of nitrogens with two attached hydrogens (primary N) is 1. The van der Waals surface area contributed by atoms with E-state index in [1.165, 1.54) is 0 Å². The van der Waals surface area contributed by atoms with Gasteiger partial charge in [-0.1, -0.05) is 18.2 Å². The van der Waals surface area contributed by atoms with E-state index in [1.807, 2.05) is 24.3 Å². The number of rotatable bonds is 6. The molecule has 1 aromatic carbocycles. The summed E-state index contributed by atoms with van der Waals surface area (Å²) in [5.74, 6) is 0.721. The van der Waals surface area contributed by atoms with E-state index in [2.05, 4.69) is 6.58 Å². The Labute approximate surface area is 108 Å². The molecule has 0 saturated carbocycles. The smallest absolute Gasteiger partial charge is 0.239 e. The van der Waals surface area contributed by atoms with Gasteiger partial charge in [0.1, 0.15) is 5.75 Å². The van der Waals surface area contributed by atoms with Crippen LogP contribution in [0.3, 0.4) is 0 Å². The molecule has 0 aliphatic carbocycles. The number of hydrogen-bond donors (Lipinski definition) is 1. The van der Waals surface area contributed by atoms with E-state index in [-0.39, 0.29) is 5.91 Å². The fourth-order valence-electron chi connectivity index (χ4n) is 1.63. The van der Waals surface area contributed by atoms with E-state index in [0.29, 0.717) is 13.1 Å². The zero-order valence-electron chi connectivity index (χ0n) is 10.9. The minimum atomic E-state index is -0.497. The minimum absolute atomic E-state index is 0.0780. The van der Waals surface area contributed by atoms with Crippen LogP contribution in [0.25, 0.3) is 0 Å². The number of carbonyl (C=O) groups excluding carboxylic acids is 1. The lowest BCUT2D eigenvalue weighted by molar-refractivity contribution is -0.132. The highest BCUT2D eigenvalue weighted by Crippen LogP contribution is 2.13. The van der Waals surface area contributed by atoms with Crippen LogP contribution < -0.4 is 10.5 Å². The van der Waals surface area contributed by atoms with Crippen molar-refractivity contribution in [3.8, 4) is 5.75 Å². The van der Waals surface area contributed by atoms with E-state index < -0.39 is 6.04 Å². The number of benzene rings is 1. The first-order valence-electron chi connectivity index (χ1n) is 5.86. The third kappa shape index (κ3) is 3.89. The van der Waals surface area contributed by atoms with Gasteiger partial charge < -0.3 is 15.4 Å². The molecule has 0 spiro atoms. The summed E-state index contributed by atoms with van der Waals surface area (Å²) in [6.07, 6.45) is 1.70. The van der Waals surface area contributed by atoms with Gasteiger partial charge in [0, 0.05) is 13.1 Å². The van der Waals surface area contributed by atoms with Gasteiger partial charge in [-0.05, 0) is 24.6 Å². The van der Waals surface area contributed by atoms with Crippen LogP contribution in [0.15, 0.2) is 36.9 Å². The zero-order chi connectivity index (χ0) is 13.5. The van der Waals surface area contributed by atoms with Gasteiger partial charge in [0.2, 0.25) is 5.91 Å². The van der Waals surface area contributed by atoms with Crippen molar-refractivity contribution in [2.75, 3.05) is 13.7 Å². The van der Waals surface area contributed by atoms with E-state index in [1.54, 1.807) is 25.0 Å². The Hall–Kier alpha value is -1.81. The van der Waals surface area contributed by atoms with Crippen LogP contribution in [0.2, 0.25) is 0 Å². The average molecular weight is 248 g/mol. The monoisotopic (exact) mass is 248 g/mol. The molecule has 0 unspecified atom stereocenters. The average Bonchev–Trinajstić information content (AvgIpc) is 2.38. The molecule has 1 rings (SSSR count). The van der Waals surface area contributed by atoms with E-state index >= 15 is 0 Å². The molecule has 0 bridgehead atoms. The molecular weight excluding hydrogens is 228 g/mol. The Morgan fingerprint density at radius 3 is 2.56 bits per heavy atom. The summed E-state index contributed by atoms with van der Waals surface area (Å²) in [5.41, 5.74) is 6.65. The first-order valence-corrected chi connectivity index (χ1v) is 5.86. The standard InChI is InChI=1S/C14H20N2O2/c1-4-9-16(14(17)11(2)15)10-12-5-7-13(18-3)8-6-12/h4-8,11H,1,9-10,15H2,2-3H3/t11-/m1/s1. The van der Waals surface area contributed by atoms with Crippen LogP contribution in [0, 0.1) is 0 Å². The second-order valence-corrected chi connectivity index (χ2v) is 4.14. The molecule has 0 saturated heterocycles. The van der Waals surface area contributed by atoms with Crippen molar-refractivity contribution < 1.29 is 9.53 Å². The molecule has 1 amide bonds. The summed E-state index contributed by atoms with van der Waals surface area (Å²) in [7, 11) is 1.62. The lowest BCUT2D eigenvalue weighted by Gasteiger charge is -2.23. The molecule has 1 atom stereocenters. The highest BCUT2D eigenvalue weighted by Gasteiger charge is 2.16. The Kier molecular flexibility index (Phi) is 5.39. The fraction of sp³-hybridized carbons (Fsp3) is 0.357. The van der Waals surface area contributed by atoms with Crippen molar-refractivity contribution in [3.05, 3.63) is 42.5 Å². The van der Waals surface area contributed by atoms with E-state index in [4.69, 9.17) is 10.5 Å². The molecule has 2 N–H and O–H groups in total. The van der Waals surface area contributed by atoms with Crippen molar-refractivity contribution in [3.63, 3.8) is 0 Å². The number of hydrogen-bond acceptors (Lipinski definition) is 3. The van der Waals surface area contributed by atoms with Crippen molar-refractivity contribution in [1.82, 2.24) is 4.90 Å². The fourth-order valence-corrected chi connectivity index (χ4v) is 1.63. The maximum Gasteiger partial charge on any atom is 0.239 e. The highest BCUT2D eigenvalue weighted by atomic mass is 16.5. The molecule has 0 aliphatic heterocycles. The van der Waals surface area contributed by atoms with Gasteiger partial charge in [-0.25, -0.2) is 0 Å². The predicted octanol–water partition coefficient (Wildman–Crippen LogP) is 1.56. The number of ether oxygens (including phenoxy) is 1. The van der Waals surface area contributed by atoms with E-state index in [0.717, 1.165) is 11.3 Å². The van der Waals surface area contributed by atoms with Crippen LogP contribution >= 0.6 is 0 Å². The van der Waals surface area contributed by atoms with Gasteiger partial charge in [-0.15, -0.1) is 6.58 Å². The molecule has 0 aromatic heterocycles. The van der Waals surface area contributed by atoms with E-state index in [9.17, 15) is 4.79 Å². The molecule has 0 aliphatic rings. The normalized spacial score (nSPS) is 11.7. The molecular formula is C14H20N2O2. The van der Waals surface area contributed by atoms with Crippen molar-refractivity contribution >= 4 is 5.91 Å². The summed E-state index contributed by atoms with van der Waals surface area (Å²) in [5, 5.41) is 0. The van der Waals surface area contributed by atoms with Crippen LogP contribution in [-0.2, 0) is 11.3 Å². The van der Waals surface area contributed by atoms with Gasteiger partial charge in [-0.2, -0.15) is 0 Å². The van der Waals surface area contributed by atoms with Gasteiger partial charge >= 0.3 is 0 Å². The molecule has 1 aromatic rings. The van der Waals surface area contributed by atoms with Gasteiger partial charge in [-0.3, -0.25) is 4.79 Å². The van der Waals surface area contributed by atoms with Crippen molar-refractivity contribution in [2.45, 2.75) is 19.5 Å². The highest BCUT2D eigenvalue weighted by molar-refractivity contribution is 5.81. The van der Waals surface area contributed by atoms with Crippen molar-refractivity contribution in [2.24, 2.45) is 5.73 Å². The van der Waals surface area contributed by atoms with Crippen molar-refractivity contribution in [1.29, 1.82) is 0 Å². The third-order valence-electron chi connectivity index (χ3n) is 2.58. The van der Waals surface area contributed by atoms with Crippen LogP contribution in [0.5, 0.6) is 5.75 Å². The molecule has 0 fully saturated rings. The number of amides is 1. The summed E-state index contributed by atoms with van der Waals surface area (Å²) in [4.78, 5) is 13.6.